The fourth-order valence-electron chi connectivity index (χ4n) is 1.06. The van der Waals surface area contributed by atoms with Crippen molar-refractivity contribution in [3.63, 3.8) is 0 Å². The van der Waals surface area contributed by atoms with Crippen LogP contribution < -0.4 is 5.73 Å². The molecule has 7 heteroatoms. The van der Waals surface area contributed by atoms with Gasteiger partial charge in [-0.3, -0.25) is 0 Å². The lowest BCUT2D eigenvalue weighted by atomic mass is 10.5. The van der Waals surface area contributed by atoms with E-state index in [9.17, 15) is 0 Å². The first-order chi connectivity index (χ1) is 7.16. The number of nitrogens with two attached hydrogens (primary N) is 1. The Labute approximate surface area is 90.5 Å². The van der Waals surface area contributed by atoms with E-state index in [4.69, 9.17) is 5.73 Å². The Morgan fingerprint density at radius 1 is 1.47 bits per heavy atom. The number of nitrogens with zero attached hydrogens (tertiary/aromatic N) is 5. The summed E-state index contributed by atoms with van der Waals surface area (Å²) >= 11 is 1.32. The van der Waals surface area contributed by atoms with Gasteiger partial charge in [-0.1, -0.05) is 11.3 Å². The maximum atomic E-state index is 5.55. The first-order valence-electron chi connectivity index (χ1n) is 4.29. The molecule has 15 heavy (non-hydrogen) atoms. The number of nitrogen functional groups attached to an aromatic ring is 1. The van der Waals surface area contributed by atoms with Gasteiger partial charge in [0.15, 0.2) is 16.0 Å². The molecule has 6 nitrogen and oxygen atoms in total. The second-order valence-corrected chi connectivity index (χ2v) is 3.96. The third-order valence-corrected chi connectivity index (χ3v) is 2.70. The first-order valence-corrected chi connectivity index (χ1v) is 5.11. The zero-order valence-electron chi connectivity index (χ0n) is 8.38. The first kappa shape index (κ1) is 9.78. The molecule has 0 radical (unpaired) electrons. The minimum absolute atomic E-state index is 0.506. The molecule has 0 unspecified atom stereocenters. The molecule has 0 aliphatic rings. The molecule has 0 aliphatic heterocycles. The average molecular weight is 222 g/mol. The molecule has 0 saturated carbocycles. The standard InChI is InChI=1S/C8H10N6S/c1-5-7(15-8(9)11-5)13-12-6-3-4-10-14(6)2/h3-4H,1-2H3,(H2,9,11). The van der Waals surface area contributed by atoms with E-state index >= 15 is 0 Å². The van der Waals surface area contributed by atoms with Gasteiger partial charge in [0.25, 0.3) is 0 Å². The normalized spacial score (nSPS) is 11.3. The van der Waals surface area contributed by atoms with Crippen LogP contribution in [-0.4, -0.2) is 14.8 Å². The predicted octanol–water partition coefficient (Wildman–Crippen LogP) is 2.18. The van der Waals surface area contributed by atoms with E-state index in [0.717, 1.165) is 10.7 Å². The van der Waals surface area contributed by atoms with Crippen molar-refractivity contribution in [2.24, 2.45) is 17.3 Å². The second-order valence-electron chi connectivity index (χ2n) is 2.96. The second kappa shape index (κ2) is 3.77. The number of thiazole rings is 1. The van der Waals surface area contributed by atoms with Crippen LogP contribution in [0.5, 0.6) is 0 Å². The number of anilines is 1. The van der Waals surface area contributed by atoms with Crippen LogP contribution in [0, 0.1) is 6.92 Å². The van der Waals surface area contributed by atoms with Gasteiger partial charge in [0.05, 0.1) is 11.9 Å². The molecular formula is C8H10N6S. The number of aryl methyl sites for hydroxylation is 2. The van der Waals surface area contributed by atoms with Crippen molar-refractivity contribution < 1.29 is 0 Å². The minimum atomic E-state index is 0.506. The SMILES string of the molecule is Cc1nc(N)sc1N=Nc1ccnn1C. The summed E-state index contributed by atoms with van der Waals surface area (Å²) in [5, 5.41) is 13.3. The molecule has 0 aromatic carbocycles. The number of hydrogen-bond donors (Lipinski definition) is 1. The lowest BCUT2D eigenvalue weighted by Crippen LogP contribution is -1.86. The van der Waals surface area contributed by atoms with Crippen LogP contribution in [0.1, 0.15) is 5.69 Å². The number of rotatable bonds is 2. The third-order valence-electron chi connectivity index (χ3n) is 1.83. The Morgan fingerprint density at radius 3 is 2.80 bits per heavy atom. The van der Waals surface area contributed by atoms with E-state index in [1.54, 1.807) is 16.9 Å². The van der Waals surface area contributed by atoms with Crippen LogP contribution in [-0.2, 0) is 7.05 Å². The average Bonchev–Trinajstić information content (AvgIpc) is 2.70. The van der Waals surface area contributed by atoms with Gasteiger partial charge < -0.3 is 5.73 Å². The monoisotopic (exact) mass is 222 g/mol. The van der Waals surface area contributed by atoms with Crippen molar-refractivity contribution in [2.75, 3.05) is 5.73 Å². The van der Waals surface area contributed by atoms with Crippen LogP contribution >= 0.6 is 11.3 Å². The molecule has 0 amide bonds. The van der Waals surface area contributed by atoms with Gasteiger partial charge in [-0.25, -0.2) is 9.67 Å². The summed E-state index contributed by atoms with van der Waals surface area (Å²) in [5.74, 6) is 0.696. The summed E-state index contributed by atoms with van der Waals surface area (Å²) in [6.45, 7) is 1.85. The molecule has 2 heterocycles. The van der Waals surface area contributed by atoms with Gasteiger partial charge in [-0.15, -0.1) is 10.2 Å². The Morgan fingerprint density at radius 2 is 2.27 bits per heavy atom. The van der Waals surface area contributed by atoms with E-state index in [1.807, 2.05) is 14.0 Å². The molecule has 0 bridgehead atoms. The van der Waals surface area contributed by atoms with E-state index in [-0.39, 0.29) is 0 Å². The van der Waals surface area contributed by atoms with E-state index in [1.165, 1.54) is 11.3 Å². The molecule has 0 aliphatic carbocycles. The van der Waals surface area contributed by atoms with E-state index in [0.29, 0.717) is 10.9 Å². The Hall–Kier alpha value is -1.76. The van der Waals surface area contributed by atoms with E-state index < -0.39 is 0 Å². The summed E-state index contributed by atoms with van der Waals surface area (Å²) in [4.78, 5) is 4.05. The summed E-state index contributed by atoms with van der Waals surface area (Å²) in [6.07, 6.45) is 1.67. The zero-order chi connectivity index (χ0) is 10.8. The van der Waals surface area contributed by atoms with Gasteiger partial charge in [-0.2, -0.15) is 5.10 Å². The minimum Gasteiger partial charge on any atom is -0.375 e. The van der Waals surface area contributed by atoms with Crippen LogP contribution in [0.2, 0.25) is 0 Å². The Balaban J connectivity index is 2.26. The smallest absolute Gasteiger partial charge is 0.182 e. The van der Waals surface area contributed by atoms with Gasteiger partial charge in [0.2, 0.25) is 0 Å². The van der Waals surface area contributed by atoms with Gasteiger partial charge in [0, 0.05) is 13.1 Å². The number of azo groups is 1. The molecule has 2 aromatic rings. The highest BCUT2D eigenvalue weighted by atomic mass is 32.1. The zero-order valence-corrected chi connectivity index (χ0v) is 9.19. The van der Waals surface area contributed by atoms with Gasteiger partial charge in [0.1, 0.15) is 0 Å². The highest BCUT2D eigenvalue weighted by molar-refractivity contribution is 7.19. The number of aromatic nitrogens is 3. The molecule has 0 spiro atoms. The Kier molecular flexibility index (Phi) is 2.46. The quantitative estimate of drug-likeness (QED) is 0.790. The Bertz CT molecular complexity index is 497. The maximum absolute atomic E-state index is 5.55. The maximum Gasteiger partial charge on any atom is 0.182 e. The van der Waals surface area contributed by atoms with Crippen LogP contribution in [0.25, 0.3) is 0 Å². The molecule has 2 aromatic heterocycles. The van der Waals surface area contributed by atoms with Crippen LogP contribution in [0.4, 0.5) is 16.0 Å². The van der Waals surface area contributed by atoms with Crippen molar-refractivity contribution in [1.29, 1.82) is 0 Å². The molecule has 2 rings (SSSR count). The van der Waals surface area contributed by atoms with Crippen molar-refractivity contribution in [2.45, 2.75) is 6.92 Å². The van der Waals surface area contributed by atoms with Crippen molar-refractivity contribution in [3.05, 3.63) is 18.0 Å². The third kappa shape index (κ3) is 2.01. The van der Waals surface area contributed by atoms with Gasteiger partial charge >= 0.3 is 0 Å². The van der Waals surface area contributed by atoms with Crippen molar-refractivity contribution >= 4 is 27.3 Å². The highest BCUT2D eigenvalue weighted by Crippen LogP contribution is 2.29. The molecule has 0 fully saturated rings. The fraction of sp³-hybridized carbons (Fsp3) is 0.250. The highest BCUT2D eigenvalue weighted by Gasteiger charge is 2.03. The van der Waals surface area contributed by atoms with Crippen molar-refractivity contribution in [3.8, 4) is 0 Å². The summed E-state index contributed by atoms with van der Waals surface area (Å²) in [5.41, 5.74) is 6.34. The largest absolute Gasteiger partial charge is 0.375 e. The summed E-state index contributed by atoms with van der Waals surface area (Å²) in [6, 6.07) is 1.78. The van der Waals surface area contributed by atoms with Crippen LogP contribution in [0.3, 0.4) is 0 Å². The van der Waals surface area contributed by atoms with Crippen molar-refractivity contribution in [1.82, 2.24) is 14.8 Å². The predicted molar refractivity (Wildman–Crippen MR) is 58.6 cm³/mol. The molecule has 78 valence electrons. The lowest BCUT2D eigenvalue weighted by molar-refractivity contribution is 0.764. The summed E-state index contributed by atoms with van der Waals surface area (Å²) < 4.78 is 1.64. The lowest BCUT2D eigenvalue weighted by Gasteiger charge is -1.91. The molecule has 2 N–H and O–H groups in total. The molecule has 0 saturated heterocycles. The fourth-order valence-corrected chi connectivity index (χ4v) is 1.72. The van der Waals surface area contributed by atoms with Gasteiger partial charge in [-0.05, 0) is 6.92 Å². The molecular weight excluding hydrogens is 212 g/mol. The summed E-state index contributed by atoms with van der Waals surface area (Å²) in [7, 11) is 1.81. The molecule has 0 atom stereocenters. The van der Waals surface area contributed by atoms with Crippen LogP contribution in [0.15, 0.2) is 22.5 Å². The number of hydrogen-bond acceptors (Lipinski definition) is 6. The van der Waals surface area contributed by atoms with E-state index in [2.05, 4.69) is 20.3 Å². The topological polar surface area (TPSA) is 81.4 Å².